The van der Waals surface area contributed by atoms with Crippen molar-refractivity contribution in [3.05, 3.63) is 45.9 Å². The molecule has 102 valence electrons. The maximum Gasteiger partial charge on any atom is 0.216 e. The summed E-state index contributed by atoms with van der Waals surface area (Å²) < 4.78 is 26.5. The number of sulfonamides is 1. The number of para-hydroxylation sites is 1. The number of nitrogen functional groups attached to an aromatic ring is 1. The summed E-state index contributed by atoms with van der Waals surface area (Å²) in [7, 11) is -3.40. The average molecular weight is 297 g/mol. The molecular weight excluding hydrogens is 282 g/mol. The molecule has 5 nitrogen and oxygen atoms in total. The Kier molecular flexibility index (Phi) is 4.18. The highest BCUT2D eigenvalue weighted by molar-refractivity contribution is 7.88. The van der Waals surface area contributed by atoms with Crippen molar-refractivity contribution < 1.29 is 8.42 Å². The van der Waals surface area contributed by atoms with Crippen LogP contribution in [0.4, 0.5) is 5.69 Å². The summed E-state index contributed by atoms with van der Waals surface area (Å²) in [6.45, 7) is 2.15. The van der Waals surface area contributed by atoms with E-state index in [2.05, 4.69) is 9.71 Å². The van der Waals surface area contributed by atoms with Gasteiger partial charge in [0.25, 0.3) is 0 Å². The van der Waals surface area contributed by atoms with Crippen molar-refractivity contribution in [2.24, 2.45) is 0 Å². The number of nitrogens with one attached hydrogen (secondary N) is 1. The highest BCUT2D eigenvalue weighted by Gasteiger charge is 2.13. The Balaban J connectivity index is 2.01. The number of rotatable bonds is 5. The summed E-state index contributed by atoms with van der Waals surface area (Å²) in [4.78, 5) is 4.97. The highest BCUT2D eigenvalue weighted by Crippen LogP contribution is 2.15. The summed E-state index contributed by atoms with van der Waals surface area (Å²) in [6.07, 6.45) is 1.68. The Hall–Kier alpha value is -1.44. The minimum Gasteiger partial charge on any atom is -0.398 e. The number of thiazole rings is 1. The minimum absolute atomic E-state index is 0.114. The van der Waals surface area contributed by atoms with Gasteiger partial charge in [-0.25, -0.2) is 18.1 Å². The van der Waals surface area contributed by atoms with E-state index in [-0.39, 0.29) is 12.3 Å². The lowest BCUT2D eigenvalue weighted by Crippen LogP contribution is -2.24. The molecule has 0 saturated heterocycles. The van der Waals surface area contributed by atoms with Crippen LogP contribution in [0.15, 0.2) is 30.5 Å². The predicted molar refractivity (Wildman–Crippen MR) is 77.2 cm³/mol. The van der Waals surface area contributed by atoms with Gasteiger partial charge in [-0.05, 0) is 18.6 Å². The molecule has 0 bridgehead atoms. The highest BCUT2D eigenvalue weighted by atomic mass is 32.2. The summed E-state index contributed by atoms with van der Waals surface area (Å²) in [5, 5.41) is 0.918. The van der Waals surface area contributed by atoms with E-state index in [1.54, 1.807) is 30.5 Å². The minimum atomic E-state index is -3.40. The lowest BCUT2D eigenvalue weighted by Gasteiger charge is -2.07. The van der Waals surface area contributed by atoms with E-state index in [0.29, 0.717) is 11.3 Å². The first-order valence-corrected chi connectivity index (χ1v) is 8.15. The normalized spacial score (nSPS) is 11.6. The molecule has 0 atom stereocenters. The Labute approximate surface area is 116 Å². The molecule has 0 fully saturated rings. The lowest BCUT2D eigenvalue weighted by molar-refractivity contribution is 0.581. The predicted octanol–water partition coefficient (Wildman–Crippen LogP) is 1.65. The third-order valence-electron chi connectivity index (χ3n) is 2.54. The number of aromatic nitrogens is 1. The van der Waals surface area contributed by atoms with Crippen LogP contribution < -0.4 is 10.5 Å². The molecule has 0 spiro atoms. The van der Waals surface area contributed by atoms with Gasteiger partial charge in [0.2, 0.25) is 10.0 Å². The zero-order chi connectivity index (χ0) is 13.9. The standard InChI is InChI=1S/C12H15N3O2S2/c1-9-14-6-11(18-9)7-15-19(16,17)8-10-4-2-3-5-12(10)13/h2-6,15H,7-8,13H2,1H3. The van der Waals surface area contributed by atoms with Crippen molar-refractivity contribution in [3.8, 4) is 0 Å². The zero-order valence-electron chi connectivity index (χ0n) is 10.5. The molecule has 7 heteroatoms. The molecule has 2 aromatic rings. The van der Waals surface area contributed by atoms with Gasteiger partial charge in [-0.2, -0.15) is 0 Å². The van der Waals surface area contributed by atoms with Gasteiger partial charge in [0.15, 0.2) is 0 Å². The maximum absolute atomic E-state index is 11.9. The molecule has 0 aliphatic heterocycles. The van der Waals surface area contributed by atoms with Crippen LogP contribution in [-0.4, -0.2) is 13.4 Å². The Bertz CT molecular complexity index is 665. The fourth-order valence-corrected chi connectivity index (χ4v) is 3.57. The van der Waals surface area contributed by atoms with Gasteiger partial charge in [0.1, 0.15) is 0 Å². The molecule has 1 aromatic carbocycles. The van der Waals surface area contributed by atoms with E-state index in [9.17, 15) is 8.42 Å². The average Bonchev–Trinajstić information content (AvgIpc) is 2.76. The van der Waals surface area contributed by atoms with E-state index in [0.717, 1.165) is 9.88 Å². The summed E-state index contributed by atoms with van der Waals surface area (Å²) in [6, 6.07) is 6.95. The number of hydrogen-bond donors (Lipinski definition) is 2. The van der Waals surface area contributed by atoms with Gasteiger partial charge in [0, 0.05) is 23.3 Å². The third kappa shape index (κ3) is 4.02. The number of benzene rings is 1. The van der Waals surface area contributed by atoms with Crippen LogP contribution >= 0.6 is 11.3 Å². The van der Waals surface area contributed by atoms with Gasteiger partial charge < -0.3 is 5.73 Å². The van der Waals surface area contributed by atoms with Crippen molar-refractivity contribution in [1.29, 1.82) is 0 Å². The van der Waals surface area contributed by atoms with Gasteiger partial charge in [0.05, 0.1) is 10.8 Å². The second kappa shape index (κ2) is 5.68. The SMILES string of the molecule is Cc1ncc(CNS(=O)(=O)Cc2ccccc2N)s1. The van der Waals surface area contributed by atoms with Crippen LogP contribution in [0, 0.1) is 6.92 Å². The first-order chi connectivity index (χ1) is 8.96. The maximum atomic E-state index is 11.9. The quantitative estimate of drug-likeness (QED) is 0.822. The van der Waals surface area contributed by atoms with E-state index >= 15 is 0 Å². The van der Waals surface area contributed by atoms with E-state index < -0.39 is 10.0 Å². The first-order valence-electron chi connectivity index (χ1n) is 5.68. The van der Waals surface area contributed by atoms with Crippen molar-refractivity contribution in [2.75, 3.05) is 5.73 Å². The fourth-order valence-electron chi connectivity index (χ4n) is 1.59. The molecule has 0 aliphatic carbocycles. The summed E-state index contributed by atoms with van der Waals surface area (Å²) in [5.74, 6) is -0.114. The van der Waals surface area contributed by atoms with Gasteiger partial charge in [-0.15, -0.1) is 11.3 Å². The van der Waals surface area contributed by atoms with Gasteiger partial charge in [-0.1, -0.05) is 18.2 Å². The van der Waals surface area contributed by atoms with Crippen LogP contribution in [0.1, 0.15) is 15.4 Å². The van der Waals surface area contributed by atoms with Crippen molar-refractivity contribution in [3.63, 3.8) is 0 Å². The summed E-state index contributed by atoms with van der Waals surface area (Å²) >= 11 is 1.48. The van der Waals surface area contributed by atoms with Gasteiger partial charge >= 0.3 is 0 Å². The molecule has 0 aliphatic rings. The Morgan fingerprint density at radius 1 is 1.37 bits per heavy atom. The fraction of sp³-hybridized carbons (Fsp3) is 0.250. The molecule has 2 rings (SSSR count). The smallest absolute Gasteiger partial charge is 0.216 e. The molecule has 0 saturated carbocycles. The molecule has 1 heterocycles. The molecule has 0 radical (unpaired) electrons. The first kappa shape index (κ1) is 14.0. The Morgan fingerprint density at radius 2 is 2.11 bits per heavy atom. The second-order valence-electron chi connectivity index (χ2n) is 4.12. The van der Waals surface area contributed by atoms with E-state index in [4.69, 9.17) is 5.73 Å². The van der Waals surface area contributed by atoms with Crippen molar-refractivity contribution >= 4 is 27.0 Å². The Morgan fingerprint density at radius 3 is 2.74 bits per heavy atom. The van der Waals surface area contributed by atoms with Crippen LogP contribution in [0.25, 0.3) is 0 Å². The molecule has 1 aromatic heterocycles. The third-order valence-corrected chi connectivity index (χ3v) is 4.72. The molecule has 0 amide bonds. The number of hydrogen-bond acceptors (Lipinski definition) is 5. The number of nitrogens with zero attached hydrogens (tertiary/aromatic N) is 1. The largest absolute Gasteiger partial charge is 0.398 e. The van der Waals surface area contributed by atoms with Crippen LogP contribution in [-0.2, 0) is 22.3 Å². The van der Waals surface area contributed by atoms with Crippen LogP contribution in [0.3, 0.4) is 0 Å². The zero-order valence-corrected chi connectivity index (χ0v) is 12.1. The summed E-state index contributed by atoms with van der Waals surface area (Å²) in [5.41, 5.74) is 6.83. The monoisotopic (exact) mass is 297 g/mol. The second-order valence-corrected chi connectivity index (χ2v) is 7.25. The molecule has 19 heavy (non-hydrogen) atoms. The number of aryl methyl sites for hydroxylation is 1. The van der Waals surface area contributed by atoms with E-state index in [1.807, 2.05) is 6.92 Å². The number of anilines is 1. The topological polar surface area (TPSA) is 85.1 Å². The van der Waals surface area contributed by atoms with E-state index in [1.165, 1.54) is 11.3 Å². The van der Waals surface area contributed by atoms with Crippen LogP contribution in [0.2, 0.25) is 0 Å². The lowest BCUT2D eigenvalue weighted by atomic mass is 10.2. The van der Waals surface area contributed by atoms with Crippen molar-refractivity contribution in [2.45, 2.75) is 19.2 Å². The van der Waals surface area contributed by atoms with Gasteiger partial charge in [-0.3, -0.25) is 0 Å². The number of nitrogens with two attached hydrogens (primary N) is 1. The van der Waals surface area contributed by atoms with Crippen molar-refractivity contribution in [1.82, 2.24) is 9.71 Å². The van der Waals surface area contributed by atoms with Crippen LogP contribution in [0.5, 0.6) is 0 Å². The molecule has 3 N–H and O–H groups in total. The molecule has 0 unspecified atom stereocenters. The molecular formula is C12H15N3O2S2.